The highest BCUT2D eigenvalue weighted by Crippen LogP contribution is 2.38. The van der Waals surface area contributed by atoms with Gasteiger partial charge in [-0.3, -0.25) is 9.59 Å². The van der Waals surface area contributed by atoms with Crippen molar-refractivity contribution in [2.24, 2.45) is 5.41 Å². The highest BCUT2D eigenvalue weighted by Gasteiger charge is 2.40. The smallest absolute Gasteiger partial charge is 0.310 e. The number of carbonyl (C=O) groups excluding carboxylic acids is 1. The summed E-state index contributed by atoms with van der Waals surface area (Å²) in [4.78, 5) is 23.9. The van der Waals surface area contributed by atoms with Crippen molar-refractivity contribution in [1.82, 2.24) is 0 Å². The van der Waals surface area contributed by atoms with Crippen LogP contribution in [0, 0.1) is 11.2 Å². The fourth-order valence-corrected chi connectivity index (χ4v) is 3.14. The molecule has 1 aliphatic rings. The van der Waals surface area contributed by atoms with Gasteiger partial charge < -0.3 is 10.4 Å². The first kappa shape index (κ1) is 16.7. The van der Waals surface area contributed by atoms with E-state index in [4.69, 9.17) is 11.6 Å². The van der Waals surface area contributed by atoms with E-state index in [2.05, 4.69) is 5.32 Å². The standard InChI is InChI=1S/C16H19ClFNO3/c17-12-9-11(5-6-13(12)18)19-14(20)10-16(15(21)22)7-3-1-2-4-8-16/h5-6,9H,1-4,7-8,10H2,(H,19,20)(H,21,22). The Balaban J connectivity index is 2.07. The molecule has 0 bridgehead atoms. The molecule has 6 heteroatoms. The van der Waals surface area contributed by atoms with E-state index in [-0.39, 0.29) is 17.4 Å². The molecule has 1 aliphatic carbocycles. The van der Waals surface area contributed by atoms with Crippen LogP contribution in [0.5, 0.6) is 0 Å². The predicted molar refractivity (Wildman–Crippen MR) is 82.4 cm³/mol. The number of carboxylic acid groups (broad SMARTS) is 1. The Morgan fingerprint density at radius 1 is 1.23 bits per heavy atom. The molecule has 120 valence electrons. The van der Waals surface area contributed by atoms with Gasteiger partial charge in [0.15, 0.2) is 0 Å². The Hall–Kier alpha value is -1.62. The van der Waals surface area contributed by atoms with Crippen LogP contribution in [0.15, 0.2) is 18.2 Å². The normalized spacial score (nSPS) is 17.5. The van der Waals surface area contributed by atoms with Gasteiger partial charge in [0.25, 0.3) is 0 Å². The number of hydrogen-bond donors (Lipinski definition) is 2. The van der Waals surface area contributed by atoms with E-state index in [0.29, 0.717) is 18.5 Å². The Bertz CT molecular complexity index is 569. The molecule has 2 N–H and O–H groups in total. The van der Waals surface area contributed by atoms with Crippen molar-refractivity contribution in [3.63, 3.8) is 0 Å². The van der Waals surface area contributed by atoms with Crippen LogP contribution in [0.4, 0.5) is 10.1 Å². The minimum absolute atomic E-state index is 0.0721. The third-order valence-electron chi connectivity index (χ3n) is 4.22. The number of hydrogen-bond acceptors (Lipinski definition) is 2. The minimum atomic E-state index is -0.996. The van der Waals surface area contributed by atoms with Crippen molar-refractivity contribution in [1.29, 1.82) is 0 Å². The summed E-state index contributed by atoms with van der Waals surface area (Å²) < 4.78 is 13.1. The van der Waals surface area contributed by atoms with Crippen LogP contribution in [0.1, 0.15) is 44.9 Å². The zero-order valence-corrected chi connectivity index (χ0v) is 13.0. The zero-order valence-electron chi connectivity index (χ0n) is 12.2. The lowest BCUT2D eigenvalue weighted by molar-refractivity contribution is -0.152. The largest absolute Gasteiger partial charge is 0.481 e. The Morgan fingerprint density at radius 2 is 1.86 bits per heavy atom. The SMILES string of the molecule is O=C(CC1(C(=O)O)CCCCCC1)Nc1ccc(F)c(Cl)c1. The van der Waals surface area contributed by atoms with Crippen LogP contribution in [-0.2, 0) is 9.59 Å². The molecule has 1 aromatic rings. The van der Waals surface area contributed by atoms with Gasteiger partial charge in [0.2, 0.25) is 5.91 Å². The fraction of sp³-hybridized carbons (Fsp3) is 0.500. The van der Waals surface area contributed by atoms with Gasteiger partial charge in [-0.15, -0.1) is 0 Å². The zero-order chi connectivity index (χ0) is 16.2. The average molecular weight is 328 g/mol. The number of nitrogens with one attached hydrogen (secondary N) is 1. The van der Waals surface area contributed by atoms with Gasteiger partial charge in [-0.05, 0) is 31.0 Å². The van der Waals surface area contributed by atoms with Gasteiger partial charge in [0, 0.05) is 12.1 Å². The second-order valence-corrected chi connectivity index (χ2v) is 6.26. The summed E-state index contributed by atoms with van der Waals surface area (Å²) >= 11 is 5.67. The summed E-state index contributed by atoms with van der Waals surface area (Å²) in [6, 6.07) is 3.88. The van der Waals surface area contributed by atoms with Crippen molar-refractivity contribution in [3.8, 4) is 0 Å². The molecule has 4 nitrogen and oxygen atoms in total. The molecule has 0 radical (unpaired) electrons. The van der Waals surface area contributed by atoms with Gasteiger partial charge >= 0.3 is 5.97 Å². The van der Waals surface area contributed by atoms with Crippen LogP contribution in [0.3, 0.4) is 0 Å². The molecule has 1 saturated carbocycles. The molecule has 0 aromatic heterocycles. The summed E-state index contributed by atoms with van der Waals surface area (Å²) in [6.07, 6.45) is 4.61. The topological polar surface area (TPSA) is 66.4 Å². The van der Waals surface area contributed by atoms with Gasteiger partial charge in [-0.2, -0.15) is 0 Å². The fourth-order valence-electron chi connectivity index (χ4n) is 2.96. The van der Waals surface area contributed by atoms with Crippen LogP contribution in [-0.4, -0.2) is 17.0 Å². The lowest BCUT2D eigenvalue weighted by atomic mass is 9.77. The number of rotatable bonds is 4. The molecule has 0 heterocycles. The van der Waals surface area contributed by atoms with Crippen LogP contribution < -0.4 is 5.32 Å². The van der Waals surface area contributed by atoms with Gasteiger partial charge in [0.05, 0.1) is 10.4 Å². The first-order valence-corrected chi connectivity index (χ1v) is 7.79. The molecule has 0 spiro atoms. The molecular weight excluding hydrogens is 309 g/mol. The number of benzene rings is 1. The van der Waals surface area contributed by atoms with E-state index in [1.165, 1.54) is 12.1 Å². The Kier molecular flexibility index (Phi) is 5.40. The van der Waals surface area contributed by atoms with Crippen LogP contribution in [0.25, 0.3) is 0 Å². The number of anilines is 1. The molecule has 2 rings (SSSR count). The molecule has 1 fully saturated rings. The number of carboxylic acids is 1. The van der Waals surface area contributed by atoms with Gasteiger partial charge in [0.1, 0.15) is 5.82 Å². The maximum absolute atomic E-state index is 13.1. The summed E-state index contributed by atoms with van der Waals surface area (Å²) in [5, 5.41) is 12.1. The molecule has 0 unspecified atom stereocenters. The molecule has 0 atom stereocenters. The molecule has 1 aromatic carbocycles. The van der Waals surface area contributed by atoms with Crippen molar-refractivity contribution in [2.75, 3.05) is 5.32 Å². The monoisotopic (exact) mass is 327 g/mol. The quantitative estimate of drug-likeness (QED) is 0.813. The highest BCUT2D eigenvalue weighted by molar-refractivity contribution is 6.31. The first-order valence-electron chi connectivity index (χ1n) is 7.41. The number of carbonyl (C=O) groups is 2. The maximum atomic E-state index is 13.1. The summed E-state index contributed by atoms with van der Waals surface area (Å²) in [5.41, 5.74) is -0.629. The van der Waals surface area contributed by atoms with E-state index in [0.717, 1.165) is 31.7 Å². The minimum Gasteiger partial charge on any atom is -0.481 e. The molecular formula is C16H19ClFNO3. The number of aliphatic carboxylic acids is 1. The van der Waals surface area contributed by atoms with E-state index >= 15 is 0 Å². The highest BCUT2D eigenvalue weighted by atomic mass is 35.5. The number of halogens is 2. The molecule has 1 amide bonds. The molecule has 22 heavy (non-hydrogen) atoms. The molecule has 0 saturated heterocycles. The van der Waals surface area contributed by atoms with E-state index in [1.807, 2.05) is 0 Å². The van der Waals surface area contributed by atoms with Crippen molar-refractivity contribution < 1.29 is 19.1 Å². The van der Waals surface area contributed by atoms with Crippen LogP contribution >= 0.6 is 11.6 Å². The van der Waals surface area contributed by atoms with E-state index in [9.17, 15) is 19.1 Å². The van der Waals surface area contributed by atoms with E-state index < -0.39 is 17.2 Å². The van der Waals surface area contributed by atoms with E-state index in [1.54, 1.807) is 0 Å². The maximum Gasteiger partial charge on any atom is 0.310 e. The third kappa shape index (κ3) is 3.97. The predicted octanol–water partition coefficient (Wildman–Crippen LogP) is 4.23. The number of amides is 1. The lowest BCUT2D eigenvalue weighted by Gasteiger charge is -2.27. The summed E-state index contributed by atoms with van der Waals surface area (Å²) in [6.45, 7) is 0. The summed E-state index contributed by atoms with van der Waals surface area (Å²) in [7, 11) is 0. The average Bonchev–Trinajstić information content (AvgIpc) is 2.69. The summed E-state index contributed by atoms with van der Waals surface area (Å²) in [5.74, 6) is -1.86. The van der Waals surface area contributed by atoms with Crippen LogP contribution in [0.2, 0.25) is 5.02 Å². The van der Waals surface area contributed by atoms with Crippen molar-refractivity contribution in [2.45, 2.75) is 44.9 Å². The molecule has 0 aliphatic heterocycles. The Morgan fingerprint density at radius 3 is 2.41 bits per heavy atom. The lowest BCUT2D eigenvalue weighted by Crippen LogP contribution is -2.35. The van der Waals surface area contributed by atoms with Gasteiger partial charge in [-0.1, -0.05) is 37.3 Å². The Labute approximate surface area is 133 Å². The van der Waals surface area contributed by atoms with Crippen molar-refractivity contribution in [3.05, 3.63) is 29.0 Å². The van der Waals surface area contributed by atoms with Gasteiger partial charge in [-0.25, -0.2) is 4.39 Å². The first-order chi connectivity index (χ1) is 10.4. The van der Waals surface area contributed by atoms with Crippen molar-refractivity contribution >= 4 is 29.2 Å². The second-order valence-electron chi connectivity index (χ2n) is 5.85. The third-order valence-corrected chi connectivity index (χ3v) is 4.51. The second kappa shape index (κ2) is 7.09.